The Labute approximate surface area is 150 Å². The van der Waals surface area contributed by atoms with E-state index in [2.05, 4.69) is 11.4 Å². The van der Waals surface area contributed by atoms with E-state index in [1.54, 1.807) is 14.2 Å². The maximum absolute atomic E-state index is 12.7. The maximum Gasteiger partial charge on any atom is 0.249 e. The molecule has 1 aromatic rings. The van der Waals surface area contributed by atoms with Crippen molar-refractivity contribution in [2.24, 2.45) is 0 Å². The van der Waals surface area contributed by atoms with E-state index in [0.29, 0.717) is 5.75 Å². The monoisotopic (exact) mass is 344 g/mol. The van der Waals surface area contributed by atoms with E-state index in [-0.39, 0.29) is 11.9 Å². The predicted octanol–water partition coefficient (Wildman–Crippen LogP) is 3.61. The van der Waals surface area contributed by atoms with Gasteiger partial charge in [0.2, 0.25) is 5.91 Å². The molecule has 0 saturated carbocycles. The summed E-state index contributed by atoms with van der Waals surface area (Å²) in [6, 6.07) is 6.11. The van der Waals surface area contributed by atoms with Crippen LogP contribution in [-0.2, 0) is 4.79 Å². The summed E-state index contributed by atoms with van der Waals surface area (Å²) < 4.78 is 10.7. The van der Waals surface area contributed by atoms with Gasteiger partial charge in [0.05, 0.1) is 14.2 Å². The van der Waals surface area contributed by atoms with Crippen molar-refractivity contribution in [3.8, 4) is 11.5 Å². The second-order valence-electron chi connectivity index (χ2n) is 6.78. The molecule has 25 heavy (non-hydrogen) atoms. The Morgan fingerprint density at radius 2 is 2.00 bits per heavy atom. The summed E-state index contributed by atoms with van der Waals surface area (Å²) >= 11 is 0. The molecule has 1 saturated heterocycles. The summed E-state index contributed by atoms with van der Waals surface area (Å²) in [5.74, 6) is 1.67. The third-order valence-electron chi connectivity index (χ3n) is 5.03. The van der Waals surface area contributed by atoms with Crippen molar-refractivity contribution in [1.29, 1.82) is 0 Å². The predicted molar refractivity (Wildman–Crippen MR) is 99.3 cm³/mol. The molecule has 1 aromatic carbocycles. The normalized spacial score (nSPS) is 20.6. The highest BCUT2D eigenvalue weighted by atomic mass is 16.5. The van der Waals surface area contributed by atoms with Crippen molar-refractivity contribution >= 4 is 11.6 Å². The molecule has 1 atom stereocenters. The lowest BCUT2D eigenvalue weighted by molar-refractivity contribution is -0.128. The van der Waals surface area contributed by atoms with Crippen LogP contribution in [0.5, 0.6) is 11.5 Å². The lowest BCUT2D eigenvalue weighted by Gasteiger charge is -2.34. The van der Waals surface area contributed by atoms with Crippen LogP contribution in [0.15, 0.2) is 29.8 Å². The first-order valence-electron chi connectivity index (χ1n) is 9.18. The minimum Gasteiger partial charge on any atom is -0.493 e. The van der Waals surface area contributed by atoms with Crippen molar-refractivity contribution in [3.63, 3.8) is 0 Å². The molecule has 1 heterocycles. The molecule has 0 bridgehead atoms. The SMILES string of the molecule is COc1ccc(NC2CCCN(C(=O)C3=CCCCC3)C2)cc1OC. The van der Waals surface area contributed by atoms with Crippen molar-refractivity contribution in [1.82, 2.24) is 4.90 Å². The number of nitrogens with one attached hydrogen (secondary N) is 1. The van der Waals surface area contributed by atoms with Crippen LogP contribution in [0.3, 0.4) is 0 Å². The van der Waals surface area contributed by atoms with E-state index in [1.165, 1.54) is 6.42 Å². The maximum atomic E-state index is 12.7. The van der Waals surface area contributed by atoms with Crippen molar-refractivity contribution in [2.45, 2.75) is 44.6 Å². The van der Waals surface area contributed by atoms with Crippen LogP contribution < -0.4 is 14.8 Å². The quantitative estimate of drug-likeness (QED) is 0.886. The number of anilines is 1. The number of nitrogens with zero attached hydrogens (tertiary/aromatic N) is 1. The molecule has 1 fully saturated rings. The lowest BCUT2D eigenvalue weighted by atomic mass is 9.97. The van der Waals surface area contributed by atoms with Gasteiger partial charge in [-0.25, -0.2) is 0 Å². The van der Waals surface area contributed by atoms with E-state index in [1.807, 2.05) is 23.1 Å². The first-order valence-corrected chi connectivity index (χ1v) is 9.18. The van der Waals surface area contributed by atoms with E-state index < -0.39 is 0 Å². The molecule has 0 radical (unpaired) electrons. The fraction of sp³-hybridized carbons (Fsp3) is 0.550. The van der Waals surface area contributed by atoms with Crippen LogP contribution in [0.4, 0.5) is 5.69 Å². The number of benzene rings is 1. The number of hydrogen-bond donors (Lipinski definition) is 1. The Bertz CT molecular complexity index is 642. The molecular formula is C20H28N2O3. The number of rotatable bonds is 5. The van der Waals surface area contributed by atoms with Gasteiger partial charge in [0.1, 0.15) is 0 Å². The second kappa shape index (κ2) is 8.28. The third kappa shape index (κ3) is 4.27. The van der Waals surface area contributed by atoms with Gasteiger partial charge >= 0.3 is 0 Å². The molecular weight excluding hydrogens is 316 g/mol. The largest absolute Gasteiger partial charge is 0.493 e. The second-order valence-corrected chi connectivity index (χ2v) is 6.78. The fourth-order valence-electron chi connectivity index (χ4n) is 3.68. The molecule has 5 heteroatoms. The minimum absolute atomic E-state index is 0.235. The van der Waals surface area contributed by atoms with Gasteiger partial charge in [-0.05, 0) is 50.7 Å². The molecule has 5 nitrogen and oxygen atoms in total. The Morgan fingerprint density at radius 3 is 2.72 bits per heavy atom. The summed E-state index contributed by atoms with van der Waals surface area (Å²) in [7, 11) is 3.27. The number of allylic oxidation sites excluding steroid dienone is 1. The number of carbonyl (C=O) groups is 1. The Balaban J connectivity index is 1.63. The number of piperidine rings is 1. The Kier molecular flexibility index (Phi) is 5.84. The first-order chi connectivity index (χ1) is 12.2. The number of methoxy groups -OCH3 is 2. The molecule has 1 unspecified atom stereocenters. The Hall–Kier alpha value is -2.17. The molecule has 1 N–H and O–H groups in total. The van der Waals surface area contributed by atoms with Gasteiger partial charge in [0, 0.05) is 36.5 Å². The van der Waals surface area contributed by atoms with E-state index >= 15 is 0 Å². The molecule has 0 spiro atoms. The number of carbonyl (C=O) groups excluding carboxylic acids is 1. The highest BCUT2D eigenvalue weighted by molar-refractivity contribution is 5.93. The van der Waals surface area contributed by atoms with Crippen LogP contribution in [0.1, 0.15) is 38.5 Å². The molecule has 1 aliphatic heterocycles. The molecule has 0 aromatic heterocycles. The molecule has 136 valence electrons. The molecule has 2 aliphatic rings. The number of hydrogen-bond acceptors (Lipinski definition) is 4. The summed E-state index contributed by atoms with van der Waals surface area (Å²) in [6.45, 7) is 1.62. The van der Waals surface area contributed by atoms with E-state index in [0.717, 1.165) is 62.2 Å². The smallest absolute Gasteiger partial charge is 0.249 e. The zero-order valence-corrected chi connectivity index (χ0v) is 15.2. The summed E-state index contributed by atoms with van der Waals surface area (Å²) in [5, 5.41) is 3.55. The topological polar surface area (TPSA) is 50.8 Å². The number of ether oxygens (including phenoxy) is 2. The van der Waals surface area contributed by atoms with Crippen LogP contribution in [-0.4, -0.2) is 44.2 Å². The minimum atomic E-state index is 0.235. The van der Waals surface area contributed by atoms with Gasteiger partial charge in [0.25, 0.3) is 0 Å². The molecule has 1 aliphatic carbocycles. The van der Waals surface area contributed by atoms with Gasteiger partial charge in [-0.15, -0.1) is 0 Å². The van der Waals surface area contributed by atoms with Crippen LogP contribution in [0, 0.1) is 0 Å². The Morgan fingerprint density at radius 1 is 1.16 bits per heavy atom. The number of likely N-dealkylation sites (tertiary alicyclic amines) is 1. The first kappa shape index (κ1) is 17.6. The zero-order chi connectivity index (χ0) is 17.6. The van der Waals surface area contributed by atoms with Gasteiger partial charge in [-0.2, -0.15) is 0 Å². The average molecular weight is 344 g/mol. The number of amides is 1. The van der Waals surface area contributed by atoms with Crippen LogP contribution >= 0.6 is 0 Å². The lowest BCUT2D eigenvalue weighted by Crippen LogP contribution is -2.45. The average Bonchev–Trinajstić information content (AvgIpc) is 2.68. The van der Waals surface area contributed by atoms with E-state index in [4.69, 9.17) is 9.47 Å². The molecule has 3 rings (SSSR count). The highest BCUT2D eigenvalue weighted by Crippen LogP contribution is 2.30. The van der Waals surface area contributed by atoms with Crippen molar-refractivity contribution in [2.75, 3.05) is 32.6 Å². The summed E-state index contributed by atoms with van der Waals surface area (Å²) in [5.41, 5.74) is 2.01. The van der Waals surface area contributed by atoms with Gasteiger partial charge in [-0.3, -0.25) is 4.79 Å². The highest BCUT2D eigenvalue weighted by Gasteiger charge is 2.26. The zero-order valence-electron chi connectivity index (χ0n) is 15.2. The van der Waals surface area contributed by atoms with Crippen LogP contribution in [0.25, 0.3) is 0 Å². The van der Waals surface area contributed by atoms with E-state index in [9.17, 15) is 4.79 Å². The molecule has 1 amide bonds. The summed E-state index contributed by atoms with van der Waals surface area (Å²) in [4.78, 5) is 14.7. The van der Waals surface area contributed by atoms with Gasteiger partial charge in [-0.1, -0.05) is 6.08 Å². The van der Waals surface area contributed by atoms with Crippen LogP contribution in [0.2, 0.25) is 0 Å². The third-order valence-corrected chi connectivity index (χ3v) is 5.03. The van der Waals surface area contributed by atoms with Gasteiger partial charge < -0.3 is 19.7 Å². The fourth-order valence-corrected chi connectivity index (χ4v) is 3.68. The standard InChI is InChI=1S/C20H28N2O3/c1-24-18-11-10-16(13-19(18)25-2)21-17-9-6-12-22(14-17)20(23)15-7-4-3-5-8-15/h7,10-11,13,17,21H,3-6,8-9,12,14H2,1-2H3. The van der Waals surface area contributed by atoms with Gasteiger partial charge in [0.15, 0.2) is 11.5 Å². The van der Waals surface area contributed by atoms with Crippen molar-refractivity contribution < 1.29 is 14.3 Å². The summed E-state index contributed by atoms with van der Waals surface area (Å²) in [6.07, 6.45) is 8.56. The van der Waals surface area contributed by atoms with Crippen molar-refractivity contribution in [3.05, 3.63) is 29.8 Å².